The van der Waals surface area contributed by atoms with Crippen molar-refractivity contribution in [1.29, 1.82) is 0 Å². The van der Waals surface area contributed by atoms with Crippen LogP contribution in [-0.2, 0) is 14.3 Å². The Morgan fingerprint density at radius 3 is 2.35 bits per heavy atom. The van der Waals surface area contributed by atoms with Gasteiger partial charge in [0.1, 0.15) is 0 Å². The van der Waals surface area contributed by atoms with E-state index in [9.17, 15) is 14.4 Å². The van der Waals surface area contributed by atoms with Gasteiger partial charge in [0.25, 0.3) is 0 Å². The van der Waals surface area contributed by atoms with Crippen LogP contribution in [0.2, 0.25) is 0 Å². The van der Waals surface area contributed by atoms with Gasteiger partial charge in [-0.05, 0) is 37.1 Å². The molecule has 1 aromatic carbocycles. The Hall–Kier alpha value is -2.37. The number of carboxylic acids is 1. The maximum atomic E-state index is 11.9. The van der Waals surface area contributed by atoms with E-state index in [0.29, 0.717) is 24.1 Å². The molecule has 0 spiro atoms. The quantitative estimate of drug-likeness (QED) is 0.682. The molecule has 6 heteroatoms. The van der Waals surface area contributed by atoms with Crippen LogP contribution < -0.4 is 5.32 Å². The van der Waals surface area contributed by atoms with Crippen molar-refractivity contribution in [2.24, 2.45) is 5.92 Å². The summed E-state index contributed by atoms with van der Waals surface area (Å²) in [5, 5.41) is 11.8. The fourth-order valence-corrected chi connectivity index (χ4v) is 2.18. The van der Waals surface area contributed by atoms with Crippen molar-refractivity contribution in [3.05, 3.63) is 29.8 Å². The maximum absolute atomic E-state index is 11.9. The van der Waals surface area contributed by atoms with Gasteiger partial charge in [-0.15, -0.1) is 0 Å². The first kappa shape index (κ1) is 18.7. The molecule has 0 bridgehead atoms. The molecular formula is C17H23NO5. The number of hydrogen-bond donors (Lipinski definition) is 2. The van der Waals surface area contributed by atoms with E-state index in [0.717, 1.165) is 12.8 Å². The van der Waals surface area contributed by atoms with E-state index in [1.807, 2.05) is 6.92 Å². The number of nitrogens with one attached hydrogen (secondary N) is 1. The largest absolute Gasteiger partial charge is 0.481 e. The van der Waals surface area contributed by atoms with Crippen LogP contribution in [0, 0.1) is 5.92 Å². The number of carbonyl (C=O) groups is 3. The zero-order chi connectivity index (χ0) is 17.2. The molecule has 23 heavy (non-hydrogen) atoms. The normalized spacial score (nSPS) is 11.6. The lowest BCUT2D eigenvalue weighted by molar-refractivity contribution is -0.142. The second kappa shape index (κ2) is 9.61. The summed E-state index contributed by atoms with van der Waals surface area (Å²) in [6.45, 7) is 2.00. The van der Waals surface area contributed by atoms with Gasteiger partial charge in [-0.25, -0.2) is 4.79 Å². The lowest BCUT2D eigenvalue weighted by atomic mass is 9.97. The smallest absolute Gasteiger partial charge is 0.337 e. The van der Waals surface area contributed by atoms with E-state index < -0.39 is 17.9 Å². The van der Waals surface area contributed by atoms with Crippen molar-refractivity contribution in [2.45, 2.75) is 39.0 Å². The highest BCUT2D eigenvalue weighted by atomic mass is 16.5. The molecule has 0 aliphatic rings. The number of unbranched alkanes of at least 4 members (excludes halogenated alkanes) is 1. The fourth-order valence-electron chi connectivity index (χ4n) is 2.18. The first-order valence-electron chi connectivity index (χ1n) is 7.69. The third-order valence-corrected chi connectivity index (χ3v) is 3.56. The number of hydrogen-bond acceptors (Lipinski definition) is 4. The highest BCUT2D eigenvalue weighted by Crippen LogP contribution is 2.16. The lowest BCUT2D eigenvalue weighted by Crippen LogP contribution is -2.18. The monoisotopic (exact) mass is 321 g/mol. The van der Waals surface area contributed by atoms with Crippen LogP contribution in [0.15, 0.2) is 24.3 Å². The average molecular weight is 321 g/mol. The van der Waals surface area contributed by atoms with Crippen molar-refractivity contribution >= 4 is 23.5 Å². The minimum atomic E-state index is -0.853. The van der Waals surface area contributed by atoms with Crippen LogP contribution in [0.4, 0.5) is 5.69 Å². The van der Waals surface area contributed by atoms with Gasteiger partial charge in [-0.3, -0.25) is 9.59 Å². The number of aliphatic carboxylic acids is 1. The topological polar surface area (TPSA) is 92.7 Å². The molecule has 0 aromatic heterocycles. The molecule has 0 heterocycles. The van der Waals surface area contributed by atoms with E-state index in [4.69, 9.17) is 5.11 Å². The van der Waals surface area contributed by atoms with Gasteiger partial charge in [-0.1, -0.05) is 19.8 Å². The molecular weight excluding hydrogens is 298 g/mol. The second-order valence-corrected chi connectivity index (χ2v) is 5.33. The number of rotatable bonds is 9. The molecule has 126 valence electrons. The number of carbonyl (C=O) groups excluding carboxylic acids is 2. The first-order chi connectivity index (χ1) is 11.0. The zero-order valence-corrected chi connectivity index (χ0v) is 13.5. The van der Waals surface area contributed by atoms with E-state index in [-0.39, 0.29) is 12.3 Å². The summed E-state index contributed by atoms with van der Waals surface area (Å²) >= 11 is 0. The molecule has 6 nitrogen and oxygen atoms in total. The van der Waals surface area contributed by atoms with E-state index in [2.05, 4.69) is 10.1 Å². The Balaban J connectivity index is 2.49. The van der Waals surface area contributed by atoms with E-state index in [1.54, 1.807) is 24.3 Å². The van der Waals surface area contributed by atoms with Gasteiger partial charge in [0.05, 0.1) is 18.6 Å². The Kier molecular flexibility index (Phi) is 7.80. The summed E-state index contributed by atoms with van der Waals surface area (Å²) in [6, 6.07) is 6.33. The number of methoxy groups -OCH3 is 1. The molecule has 1 amide bonds. The van der Waals surface area contributed by atoms with Crippen LogP contribution in [0.5, 0.6) is 0 Å². The summed E-state index contributed by atoms with van der Waals surface area (Å²) in [6.07, 6.45) is 2.84. The highest BCUT2D eigenvalue weighted by molar-refractivity contribution is 5.93. The number of amides is 1. The Morgan fingerprint density at radius 2 is 1.83 bits per heavy atom. The molecule has 1 atom stereocenters. The van der Waals surface area contributed by atoms with Crippen molar-refractivity contribution in [3.63, 3.8) is 0 Å². The average Bonchev–Trinajstić information content (AvgIpc) is 2.54. The molecule has 1 aromatic rings. The Labute approximate surface area is 135 Å². The standard InChI is InChI=1S/C17H23NO5/c1-3-4-5-12(16(20)21)8-11-15(19)18-14-9-6-13(7-10-14)17(22)23-2/h6-7,9-10,12H,3-5,8,11H2,1-2H3,(H,18,19)(H,20,21)/t12-/m1/s1. The predicted octanol–water partition coefficient (Wildman–Crippen LogP) is 3.08. The first-order valence-corrected chi connectivity index (χ1v) is 7.69. The summed E-state index contributed by atoms with van der Waals surface area (Å²) in [5.41, 5.74) is 0.957. The van der Waals surface area contributed by atoms with Crippen molar-refractivity contribution in [2.75, 3.05) is 12.4 Å². The van der Waals surface area contributed by atoms with Gasteiger partial charge in [0.2, 0.25) is 5.91 Å². The van der Waals surface area contributed by atoms with E-state index >= 15 is 0 Å². The summed E-state index contributed by atoms with van der Waals surface area (Å²) in [7, 11) is 1.30. The van der Waals surface area contributed by atoms with Crippen LogP contribution in [0.3, 0.4) is 0 Å². The molecule has 0 unspecified atom stereocenters. The molecule has 0 aliphatic carbocycles. The molecule has 0 radical (unpaired) electrons. The van der Waals surface area contributed by atoms with Crippen molar-refractivity contribution in [3.8, 4) is 0 Å². The Morgan fingerprint density at radius 1 is 1.17 bits per heavy atom. The third kappa shape index (κ3) is 6.50. The summed E-state index contributed by atoms with van der Waals surface area (Å²) in [4.78, 5) is 34.3. The second-order valence-electron chi connectivity index (χ2n) is 5.33. The van der Waals surface area contributed by atoms with E-state index in [1.165, 1.54) is 7.11 Å². The SMILES string of the molecule is CCCC[C@H](CCC(=O)Nc1ccc(C(=O)OC)cc1)C(=O)O. The molecule has 0 fully saturated rings. The molecule has 0 saturated heterocycles. The summed E-state index contributed by atoms with van der Waals surface area (Å²) < 4.78 is 4.59. The summed E-state index contributed by atoms with van der Waals surface area (Å²) in [5.74, 6) is -2.02. The molecule has 2 N–H and O–H groups in total. The van der Waals surface area contributed by atoms with Crippen molar-refractivity contribution < 1.29 is 24.2 Å². The highest BCUT2D eigenvalue weighted by Gasteiger charge is 2.18. The minimum Gasteiger partial charge on any atom is -0.481 e. The van der Waals surface area contributed by atoms with Gasteiger partial charge in [-0.2, -0.15) is 0 Å². The van der Waals surface area contributed by atoms with Gasteiger partial charge in [0.15, 0.2) is 0 Å². The number of esters is 1. The fraction of sp³-hybridized carbons (Fsp3) is 0.471. The molecule has 1 rings (SSSR count). The van der Waals surface area contributed by atoms with Crippen LogP contribution in [-0.4, -0.2) is 30.1 Å². The van der Waals surface area contributed by atoms with Crippen molar-refractivity contribution in [1.82, 2.24) is 0 Å². The maximum Gasteiger partial charge on any atom is 0.337 e. The third-order valence-electron chi connectivity index (χ3n) is 3.56. The van der Waals surface area contributed by atoms with Gasteiger partial charge >= 0.3 is 11.9 Å². The predicted molar refractivity (Wildman–Crippen MR) is 86.3 cm³/mol. The molecule has 0 saturated carbocycles. The zero-order valence-electron chi connectivity index (χ0n) is 13.5. The number of ether oxygens (including phenoxy) is 1. The minimum absolute atomic E-state index is 0.152. The van der Waals surface area contributed by atoms with Gasteiger partial charge in [0, 0.05) is 12.1 Å². The van der Waals surface area contributed by atoms with Crippen LogP contribution in [0.25, 0.3) is 0 Å². The number of carboxylic acid groups (broad SMARTS) is 1. The number of anilines is 1. The number of benzene rings is 1. The van der Waals surface area contributed by atoms with Gasteiger partial charge < -0.3 is 15.2 Å². The van der Waals surface area contributed by atoms with Crippen LogP contribution in [0.1, 0.15) is 49.4 Å². The molecule has 0 aliphatic heterocycles. The lowest BCUT2D eigenvalue weighted by Gasteiger charge is -2.11. The Bertz CT molecular complexity index is 538. The van der Waals surface area contributed by atoms with Crippen LogP contribution >= 0.6 is 0 Å².